The summed E-state index contributed by atoms with van der Waals surface area (Å²) in [4.78, 5) is 28.8. The molecule has 0 saturated carbocycles. The summed E-state index contributed by atoms with van der Waals surface area (Å²) in [7, 11) is 1.61. The molecule has 2 heterocycles. The Bertz CT molecular complexity index is 782. The van der Waals surface area contributed by atoms with Crippen molar-refractivity contribution < 1.29 is 5.11 Å². The third-order valence-electron chi connectivity index (χ3n) is 3.68. The predicted molar refractivity (Wildman–Crippen MR) is 85.0 cm³/mol. The quantitative estimate of drug-likeness (QED) is 0.601. The Morgan fingerprint density at radius 3 is 2.77 bits per heavy atom. The van der Waals surface area contributed by atoms with Gasteiger partial charge in [-0.2, -0.15) is 0 Å². The zero-order valence-electron chi connectivity index (χ0n) is 13.0. The van der Waals surface area contributed by atoms with Gasteiger partial charge in [0.1, 0.15) is 0 Å². The summed E-state index contributed by atoms with van der Waals surface area (Å²) >= 11 is 0. The fraction of sp³-hybridized carbons (Fsp3) is 0.533. The number of aliphatic hydroxyl groups is 1. The van der Waals surface area contributed by atoms with Gasteiger partial charge in [0, 0.05) is 20.1 Å². The summed E-state index contributed by atoms with van der Waals surface area (Å²) in [6.45, 7) is 6.15. The van der Waals surface area contributed by atoms with E-state index in [4.69, 9.17) is 0 Å². The topological polar surface area (TPSA) is 82.0 Å². The second-order valence-corrected chi connectivity index (χ2v) is 5.50. The molecule has 7 heteroatoms. The number of hydrogen-bond acceptors (Lipinski definition) is 4. The van der Waals surface area contributed by atoms with Crippen LogP contribution in [-0.4, -0.2) is 29.9 Å². The van der Waals surface area contributed by atoms with Crippen LogP contribution in [0.1, 0.15) is 26.2 Å². The van der Waals surface area contributed by atoms with Gasteiger partial charge >= 0.3 is 5.69 Å². The number of aryl methyl sites for hydroxylation is 2. The van der Waals surface area contributed by atoms with Crippen molar-refractivity contribution >= 4 is 11.2 Å². The summed E-state index contributed by atoms with van der Waals surface area (Å²) in [5.41, 5.74) is 0.0922. The zero-order chi connectivity index (χ0) is 16.3. The molecule has 2 rings (SSSR count). The molecule has 2 aromatic heterocycles. The minimum absolute atomic E-state index is 0.175. The van der Waals surface area contributed by atoms with Gasteiger partial charge < -0.3 is 9.67 Å². The smallest absolute Gasteiger partial charge is 0.332 e. The molecule has 1 unspecified atom stereocenters. The molecule has 1 atom stereocenters. The Balaban J connectivity index is 2.39. The van der Waals surface area contributed by atoms with Crippen molar-refractivity contribution in [2.24, 2.45) is 7.05 Å². The Morgan fingerprint density at radius 2 is 2.14 bits per heavy atom. The van der Waals surface area contributed by atoms with E-state index in [-0.39, 0.29) is 18.2 Å². The van der Waals surface area contributed by atoms with Gasteiger partial charge in [0.25, 0.3) is 5.56 Å². The highest BCUT2D eigenvalue weighted by atomic mass is 16.3. The monoisotopic (exact) mass is 306 g/mol. The number of aliphatic hydroxyl groups excluding tert-OH is 1. The fourth-order valence-electron chi connectivity index (χ4n) is 2.50. The third kappa shape index (κ3) is 3.04. The van der Waals surface area contributed by atoms with E-state index in [0.29, 0.717) is 17.7 Å². The molecule has 0 radical (unpaired) electrons. The first-order chi connectivity index (χ1) is 10.5. The van der Waals surface area contributed by atoms with Crippen molar-refractivity contribution in [1.82, 2.24) is 18.7 Å². The summed E-state index contributed by atoms with van der Waals surface area (Å²) < 4.78 is 4.31. The van der Waals surface area contributed by atoms with Gasteiger partial charge in [0.15, 0.2) is 11.2 Å². The molecule has 2 aromatic rings. The second-order valence-electron chi connectivity index (χ2n) is 5.50. The van der Waals surface area contributed by atoms with E-state index >= 15 is 0 Å². The molecule has 1 N–H and O–H groups in total. The van der Waals surface area contributed by atoms with Crippen LogP contribution in [0.5, 0.6) is 0 Å². The Kier molecular flexibility index (Phi) is 4.97. The van der Waals surface area contributed by atoms with Crippen molar-refractivity contribution in [2.45, 2.75) is 45.4 Å². The van der Waals surface area contributed by atoms with Crippen LogP contribution < -0.4 is 11.2 Å². The maximum absolute atomic E-state index is 12.5. The van der Waals surface area contributed by atoms with Crippen LogP contribution in [0.3, 0.4) is 0 Å². The number of aromatic nitrogens is 4. The van der Waals surface area contributed by atoms with E-state index in [1.54, 1.807) is 24.9 Å². The number of rotatable bonds is 7. The van der Waals surface area contributed by atoms with E-state index < -0.39 is 5.69 Å². The first-order valence-electron chi connectivity index (χ1n) is 7.41. The summed E-state index contributed by atoms with van der Waals surface area (Å²) in [5.74, 6) is 0. The Morgan fingerprint density at radius 1 is 1.41 bits per heavy atom. The molecule has 0 aliphatic rings. The first kappa shape index (κ1) is 16.2. The van der Waals surface area contributed by atoms with Gasteiger partial charge in [-0.25, -0.2) is 9.78 Å². The maximum Gasteiger partial charge on any atom is 0.332 e. The molecule has 0 bridgehead atoms. The number of nitrogens with zero attached hydrogens (tertiary/aromatic N) is 4. The van der Waals surface area contributed by atoms with Crippen LogP contribution in [0.2, 0.25) is 0 Å². The van der Waals surface area contributed by atoms with Gasteiger partial charge in [-0.3, -0.25) is 13.9 Å². The van der Waals surface area contributed by atoms with Crippen LogP contribution >= 0.6 is 0 Å². The van der Waals surface area contributed by atoms with Crippen LogP contribution in [-0.2, 0) is 20.1 Å². The van der Waals surface area contributed by atoms with Gasteiger partial charge in [0.2, 0.25) is 0 Å². The molecule has 0 saturated heterocycles. The Hall–Kier alpha value is -2.15. The minimum atomic E-state index is -0.392. The molecule has 0 amide bonds. The molecule has 0 aliphatic carbocycles. The standard InChI is InChI=1S/C15H22N4O3/c1-4-8-19-14(21)12-13(17(3)15(19)22)16-10-18(12)9-6-5-7-11(2)20/h4,10-11,20H,1,5-9H2,2-3H3. The maximum atomic E-state index is 12.5. The highest BCUT2D eigenvalue weighted by Crippen LogP contribution is 2.09. The van der Waals surface area contributed by atoms with Gasteiger partial charge in [-0.1, -0.05) is 6.08 Å². The summed E-state index contributed by atoms with van der Waals surface area (Å²) in [6.07, 6.45) is 5.23. The van der Waals surface area contributed by atoms with E-state index in [2.05, 4.69) is 11.6 Å². The van der Waals surface area contributed by atoms with Crippen LogP contribution in [0.15, 0.2) is 28.6 Å². The van der Waals surface area contributed by atoms with Crippen molar-refractivity contribution in [1.29, 1.82) is 0 Å². The highest BCUT2D eigenvalue weighted by Gasteiger charge is 2.15. The average Bonchev–Trinajstić information content (AvgIpc) is 2.90. The number of fused-ring (bicyclic) bond motifs is 1. The number of unbranched alkanes of at least 4 members (excludes halogenated alkanes) is 1. The molecule has 22 heavy (non-hydrogen) atoms. The van der Waals surface area contributed by atoms with Gasteiger partial charge in [-0.05, 0) is 26.2 Å². The molecular weight excluding hydrogens is 284 g/mol. The zero-order valence-corrected chi connectivity index (χ0v) is 13.0. The van der Waals surface area contributed by atoms with Crippen molar-refractivity contribution in [3.8, 4) is 0 Å². The number of allylic oxidation sites excluding steroid dienone is 1. The molecule has 0 aromatic carbocycles. The average molecular weight is 306 g/mol. The molecule has 0 aliphatic heterocycles. The van der Waals surface area contributed by atoms with Crippen molar-refractivity contribution in [3.05, 3.63) is 39.8 Å². The second kappa shape index (κ2) is 6.74. The van der Waals surface area contributed by atoms with Crippen molar-refractivity contribution in [3.63, 3.8) is 0 Å². The summed E-state index contributed by atoms with van der Waals surface area (Å²) in [6, 6.07) is 0. The lowest BCUT2D eigenvalue weighted by Crippen LogP contribution is -2.39. The number of hydrogen-bond donors (Lipinski definition) is 1. The molecular formula is C15H22N4O3. The van der Waals surface area contributed by atoms with E-state index in [0.717, 1.165) is 23.8 Å². The highest BCUT2D eigenvalue weighted by molar-refractivity contribution is 5.69. The lowest BCUT2D eigenvalue weighted by atomic mass is 10.2. The van der Waals surface area contributed by atoms with E-state index in [9.17, 15) is 14.7 Å². The first-order valence-corrected chi connectivity index (χ1v) is 7.41. The SMILES string of the molecule is C=CCn1c(=O)c2c(ncn2CCCCC(C)O)n(C)c1=O. The largest absolute Gasteiger partial charge is 0.393 e. The normalized spacial score (nSPS) is 12.7. The van der Waals surface area contributed by atoms with Crippen LogP contribution in [0.4, 0.5) is 0 Å². The molecule has 120 valence electrons. The molecule has 7 nitrogen and oxygen atoms in total. The molecule has 0 spiro atoms. The van der Waals surface area contributed by atoms with Crippen LogP contribution in [0.25, 0.3) is 11.2 Å². The lowest BCUT2D eigenvalue weighted by Gasteiger charge is -2.08. The van der Waals surface area contributed by atoms with E-state index in [1.165, 1.54) is 10.6 Å². The lowest BCUT2D eigenvalue weighted by molar-refractivity contribution is 0.180. The van der Waals surface area contributed by atoms with Crippen molar-refractivity contribution in [2.75, 3.05) is 0 Å². The predicted octanol–water partition coefficient (Wildman–Crippen LogP) is 0.634. The van der Waals surface area contributed by atoms with Crippen LogP contribution in [0, 0.1) is 0 Å². The number of imidazole rings is 1. The summed E-state index contributed by atoms with van der Waals surface area (Å²) in [5, 5.41) is 9.27. The van der Waals surface area contributed by atoms with E-state index in [1.807, 2.05) is 0 Å². The third-order valence-corrected chi connectivity index (χ3v) is 3.68. The van der Waals surface area contributed by atoms with Gasteiger partial charge in [0.05, 0.1) is 12.4 Å². The minimum Gasteiger partial charge on any atom is -0.393 e. The molecule has 0 fully saturated rings. The fourth-order valence-corrected chi connectivity index (χ4v) is 2.50. The van der Waals surface area contributed by atoms with Gasteiger partial charge in [-0.15, -0.1) is 6.58 Å². The Labute approximate surface area is 128 Å².